The number of β-amino-alcohol motifs (C(OH)–C–C–N with tert-alkyl or cyclic N) is 1. The van der Waals surface area contributed by atoms with Gasteiger partial charge in [-0.3, -0.25) is 4.79 Å². The van der Waals surface area contributed by atoms with Gasteiger partial charge in [0.05, 0.1) is 23.6 Å². The summed E-state index contributed by atoms with van der Waals surface area (Å²) in [6.07, 6.45) is -2.87. The average molecular weight is 560 g/mol. The summed E-state index contributed by atoms with van der Waals surface area (Å²) in [5.74, 6) is -1.72. The highest BCUT2D eigenvalue weighted by Gasteiger charge is 2.40. The second-order valence-corrected chi connectivity index (χ2v) is 9.72. The molecule has 3 heterocycles. The fraction of sp³-hybridized carbons (Fsp3) is 0.333. The molecule has 13 heteroatoms. The summed E-state index contributed by atoms with van der Waals surface area (Å²) in [6.45, 7) is 1.72. The van der Waals surface area contributed by atoms with E-state index in [0.717, 1.165) is 37.7 Å². The predicted molar refractivity (Wildman–Crippen MR) is 134 cm³/mol. The molecule has 1 aliphatic rings. The third-order valence-corrected chi connectivity index (χ3v) is 6.82. The number of nitrogens with zero attached hydrogens (tertiary/aromatic N) is 5. The van der Waals surface area contributed by atoms with Gasteiger partial charge in [-0.05, 0) is 55.1 Å². The Labute approximate surface area is 225 Å². The zero-order valence-corrected chi connectivity index (χ0v) is 21.1. The number of carboxylic acid groups (broad SMARTS) is 1. The molecular weight excluding hydrogens is 534 g/mol. The van der Waals surface area contributed by atoms with Crippen molar-refractivity contribution in [2.45, 2.75) is 31.5 Å². The number of aliphatic carboxylic acids is 1. The summed E-state index contributed by atoms with van der Waals surface area (Å²) in [6, 6.07) is 11.0. The van der Waals surface area contributed by atoms with Crippen LogP contribution >= 0.6 is 0 Å². The van der Waals surface area contributed by atoms with Gasteiger partial charge in [0.2, 0.25) is 5.82 Å². The van der Waals surface area contributed by atoms with Crippen LogP contribution in [0.4, 0.5) is 17.6 Å². The zero-order valence-electron chi connectivity index (χ0n) is 21.1. The first-order valence-electron chi connectivity index (χ1n) is 12.6. The first kappa shape index (κ1) is 27.5. The lowest BCUT2D eigenvalue weighted by atomic mass is 9.94. The molecule has 40 heavy (non-hydrogen) atoms. The molecule has 0 radical (unpaired) electrons. The van der Waals surface area contributed by atoms with Crippen LogP contribution < -0.4 is 0 Å². The van der Waals surface area contributed by atoms with Gasteiger partial charge in [-0.2, -0.15) is 23.3 Å². The lowest BCUT2D eigenvalue weighted by molar-refractivity contribution is -0.142. The highest BCUT2D eigenvalue weighted by molar-refractivity contribution is 5.67. The Morgan fingerprint density at radius 3 is 2.52 bits per heavy atom. The molecule has 9 nitrogen and oxygen atoms in total. The largest absolute Gasteiger partial charge is 0.481 e. The van der Waals surface area contributed by atoms with Gasteiger partial charge in [-0.1, -0.05) is 29.4 Å². The minimum absolute atomic E-state index is 0.0100. The van der Waals surface area contributed by atoms with Crippen molar-refractivity contribution in [2.75, 3.05) is 19.6 Å². The monoisotopic (exact) mass is 559 g/mol. The molecule has 1 aliphatic heterocycles. The molecule has 1 saturated heterocycles. The predicted octanol–water partition coefficient (Wildman–Crippen LogP) is 4.97. The lowest BCUT2D eigenvalue weighted by Gasteiger charge is -2.33. The fourth-order valence-electron chi connectivity index (χ4n) is 4.94. The van der Waals surface area contributed by atoms with Crippen molar-refractivity contribution in [2.24, 2.45) is 5.92 Å². The number of rotatable bonds is 8. The second-order valence-electron chi connectivity index (χ2n) is 9.72. The van der Waals surface area contributed by atoms with E-state index in [9.17, 15) is 27.5 Å². The molecule has 210 valence electrons. The Balaban J connectivity index is 1.32. The molecule has 2 aromatic carbocycles. The van der Waals surface area contributed by atoms with Gasteiger partial charge in [0, 0.05) is 25.1 Å². The van der Waals surface area contributed by atoms with Crippen molar-refractivity contribution in [1.29, 1.82) is 0 Å². The highest BCUT2D eigenvalue weighted by atomic mass is 19.4. The molecule has 0 unspecified atom stereocenters. The van der Waals surface area contributed by atoms with Gasteiger partial charge < -0.3 is 19.6 Å². The summed E-state index contributed by atoms with van der Waals surface area (Å²) in [4.78, 5) is 17.2. The zero-order chi connectivity index (χ0) is 28.4. The lowest BCUT2D eigenvalue weighted by Crippen LogP contribution is -2.38. The maximum atomic E-state index is 14.0. The molecular formula is C27H25F4N5O4. The number of alkyl halides is 3. The molecule has 0 saturated carbocycles. The van der Waals surface area contributed by atoms with Gasteiger partial charge in [0.15, 0.2) is 5.69 Å². The quantitative estimate of drug-likeness (QED) is 0.291. The molecule has 4 aromatic rings. The van der Waals surface area contributed by atoms with E-state index in [1.54, 1.807) is 24.3 Å². The molecule has 5 rings (SSSR count). The number of aromatic nitrogens is 4. The van der Waals surface area contributed by atoms with E-state index in [1.807, 2.05) is 4.90 Å². The van der Waals surface area contributed by atoms with Crippen LogP contribution in [0.1, 0.15) is 36.6 Å². The van der Waals surface area contributed by atoms with Crippen molar-refractivity contribution in [3.8, 4) is 28.5 Å². The Morgan fingerprint density at radius 1 is 1.12 bits per heavy atom. The SMILES string of the molecule is O=C(O)C[C@H]1CCCN(C[C@H](O)c2ccc(-c3noc(-c4cnn(-c5ccc(F)cc5)c4C(F)(F)F)n3)cc2)C1. The normalized spacial score (nSPS) is 17.2. The number of piperidine rings is 1. The molecule has 0 bridgehead atoms. The second kappa shape index (κ2) is 11.2. The summed E-state index contributed by atoms with van der Waals surface area (Å²) in [7, 11) is 0. The van der Waals surface area contributed by atoms with Gasteiger partial charge in [-0.15, -0.1) is 0 Å². The number of aliphatic hydroxyl groups is 1. The number of halogens is 4. The van der Waals surface area contributed by atoms with Crippen molar-refractivity contribution in [3.05, 3.63) is 71.8 Å². The van der Waals surface area contributed by atoms with Crippen molar-refractivity contribution in [3.63, 3.8) is 0 Å². The summed E-state index contributed by atoms with van der Waals surface area (Å²) in [5.41, 5.74) is -0.477. The summed E-state index contributed by atoms with van der Waals surface area (Å²) in [5, 5.41) is 27.4. The van der Waals surface area contributed by atoms with E-state index in [-0.39, 0.29) is 29.7 Å². The van der Waals surface area contributed by atoms with E-state index in [1.165, 1.54) is 12.1 Å². The number of carbonyl (C=O) groups is 1. The van der Waals surface area contributed by atoms with Crippen LogP contribution in [0.25, 0.3) is 28.5 Å². The minimum atomic E-state index is -4.82. The standard InChI is InChI=1S/C27H25F4N5O4/c28-19-7-9-20(10-8-19)36-24(27(29,30)31)21(13-32-36)26-33-25(34-40-26)18-5-3-17(4-6-18)22(37)15-35-11-1-2-16(14-35)12-23(38)39/h3-10,13,16,22,37H,1-2,11-12,14-15H2,(H,38,39)/t16-,22+/m1/s1. The van der Waals surface area contributed by atoms with Crippen molar-refractivity contribution >= 4 is 5.97 Å². The van der Waals surface area contributed by atoms with Crippen molar-refractivity contribution < 1.29 is 37.1 Å². The van der Waals surface area contributed by atoms with Gasteiger partial charge in [0.25, 0.3) is 5.89 Å². The molecule has 0 aliphatic carbocycles. The maximum absolute atomic E-state index is 14.0. The third-order valence-electron chi connectivity index (χ3n) is 6.82. The molecule has 2 N–H and O–H groups in total. The Kier molecular flexibility index (Phi) is 7.68. The van der Waals surface area contributed by atoms with E-state index in [4.69, 9.17) is 9.63 Å². The summed E-state index contributed by atoms with van der Waals surface area (Å²) < 4.78 is 61.1. The van der Waals surface area contributed by atoms with E-state index >= 15 is 0 Å². The number of aliphatic hydroxyl groups excluding tert-OH is 1. The minimum Gasteiger partial charge on any atom is -0.481 e. The first-order chi connectivity index (χ1) is 19.1. The van der Waals surface area contributed by atoms with Crippen LogP contribution in [-0.4, -0.2) is 60.6 Å². The molecule has 2 aromatic heterocycles. The number of benzene rings is 2. The van der Waals surface area contributed by atoms with E-state index in [0.29, 0.717) is 28.9 Å². The number of carboxylic acids is 1. The van der Waals surface area contributed by atoms with Gasteiger partial charge >= 0.3 is 12.1 Å². The number of hydrogen-bond acceptors (Lipinski definition) is 7. The number of likely N-dealkylation sites (tertiary alicyclic amines) is 1. The highest BCUT2D eigenvalue weighted by Crippen LogP contribution is 2.38. The maximum Gasteiger partial charge on any atom is 0.434 e. The first-order valence-corrected chi connectivity index (χ1v) is 12.6. The van der Waals surface area contributed by atoms with Crippen LogP contribution in [0.2, 0.25) is 0 Å². The smallest absolute Gasteiger partial charge is 0.434 e. The van der Waals surface area contributed by atoms with E-state index in [2.05, 4.69) is 15.2 Å². The van der Waals surface area contributed by atoms with Gasteiger partial charge in [0.1, 0.15) is 5.82 Å². The summed E-state index contributed by atoms with van der Waals surface area (Å²) >= 11 is 0. The van der Waals surface area contributed by atoms with Crippen LogP contribution in [0, 0.1) is 11.7 Å². The Morgan fingerprint density at radius 2 is 1.85 bits per heavy atom. The van der Waals surface area contributed by atoms with Crippen LogP contribution in [0.3, 0.4) is 0 Å². The topological polar surface area (TPSA) is 118 Å². The fourth-order valence-corrected chi connectivity index (χ4v) is 4.94. The van der Waals surface area contributed by atoms with Crippen LogP contribution in [0.15, 0.2) is 59.3 Å². The molecule has 2 atom stereocenters. The van der Waals surface area contributed by atoms with Crippen molar-refractivity contribution in [1.82, 2.24) is 24.8 Å². The van der Waals surface area contributed by atoms with Crippen LogP contribution in [-0.2, 0) is 11.0 Å². The third kappa shape index (κ3) is 6.05. The Bertz CT molecular complexity index is 1470. The number of hydrogen-bond donors (Lipinski definition) is 2. The molecule has 0 amide bonds. The average Bonchev–Trinajstić information content (AvgIpc) is 3.57. The molecule has 0 spiro atoms. The Hall–Kier alpha value is -4.10. The van der Waals surface area contributed by atoms with Gasteiger partial charge in [-0.25, -0.2) is 9.07 Å². The molecule has 1 fully saturated rings. The van der Waals surface area contributed by atoms with E-state index < -0.39 is 35.3 Å². The van der Waals surface area contributed by atoms with Crippen LogP contribution in [0.5, 0.6) is 0 Å².